The van der Waals surface area contributed by atoms with E-state index >= 15 is 0 Å². The van der Waals surface area contributed by atoms with Gasteiger partial charge in [-0.25, -0.2) is 10.1 Å². The van der Waals surface area contributed by atoms with Crippen LogP contribution in [0.1, 0.15) is 5.82 Å². The van der Waals surface area contributed by atoms with Crippen LogP contribution in [0, 0.1) is 0 Å². The Hall–Kier alpha value is -2.80. The van der Waals surface area contributed by atoms with E-state index in [0.717, 1.165) is 22.5 Å². The maximum atomic E-state index is 4.54. The molecule has 7 heteroatoms. The van der Waals surface area contributed by atoms with Gasteiger partial charge in [0.05, 0.1) is 16.8 Å². The molecule has 0 unspecified atom stereocenters. The Kier molecular flexibility index (Phi) is 3.69. The van der Waals surface area contributed by atoms with Gasteiger partial charge in [-0.05, 0) is 24.3 Å². The number of H-pyrrole nitrogens is 2. The summed E-state index contributed by atoms with van der Waals surface area (Å²) >= 11 is 1.53. The van der Waals surface area contributed by atoms with E-state index in [9.17, 15) is 0 Å². The average Bonchev–Trinajstić information content (AvgIpc) is 3.20. The van der Waals surface area contributed by atoms with Crippen molar-refractivity contribution >= 4 is 34.4 Å². The average molecular weight is 322 g/mol. The highest BCUT2D eigenvalue weighted by Gasteiger charge is 2.07. The van der Waals surface area contributed by atoms with E-state index in [-0.39, 0.29) is 0 Å². The summed E-state index contributed by atoms with van der Waals surface area (Å²) in [5.41, 5.74) is 2.99. The van der Waals surface area contributed by atoms with Gasteiger partial charge in [0.2, 0.25) is 11.1 Å². The molecule has 3 N–H and O–H groups in total. The number of rotatable bonds is 5. The van der Waals surface area contributed by atoms with Gasteiger partial charge < -0.3 is 10.3 Å². The van der Waals surface area contributed by atoms with Gasteiger partial charge in [0.15, 0.2) is 0 Å². The summed E-state index contributed by atoms with van der Waals surface area (Å²) in [4.78, 5) is 12.3. The highest BCUT2D eigenvalue weighted by atomic mass is 32.2. The molecular weight excluding hydrogens is 308 g/mol. The van der Waals surface area contributed by atoms with Crippen LogP contribution in [0.15, 0.2) is 59.8 Å². The van der Waals surface area contributed by atoms with Crippen LogP contribution in [-0.2, 0) is 5.75 Å². The van der Waals surface area contributed by atoms with E-state index in [1.54, 1.807) is 0 Å². The second-order valence-corrected chi connectivity index (χ2v) is 5.89. The second kappa shape index (κ2) is 6.13. The number of para-hydroxylation sites is 3. The number of anilines is 2. The number of benzene rings is 2. The van der Waals surface area contributed by atoms with Crippen molar-refractivity contribution in [2.75, 3.05) is 5.32 Å². The number of hydrogen-bond donors (Lipinski definition) is 3. The maximum absolute atomic E-state index is 4.54. The largest absolute Gasteiger partial charge is 0.341 e. The minimum atomic E-state index is 0.628. The zero-order valence-corrected chi connectivity index (χ0v) is 13.0. The van der Waals surface area contributed by atoms with E-state index < -0.39 is 0 Å². The van der Waals surface area contributed by atoms with Crippen molar-refractivity contribution in [1.82, 2.24) is 25.1 Å². The zero-order chi connectivity index (χ0) is 15.5. The van der Waals surface area contributed by atoms with Gasteiger partial charge in [-0.3, -0.25) is 0 Å². The second-order valence-electron chi connectivity index (χ2n) is 4.95. The summed E-state index contributed by atoms with van der Waals surface area (Å²) in [6.07, 6.45) is 0. The zero-order valence-electron chi connectivity index (χ0n) is 12.2. The molecule has 4 rings (SSSR count). The van der Waals surface area contributed by atoms with E-state index in [2.05, 4.69) is 30.5 Å². The summed E-state index contributed by atoms with van der Waals surface area (Å²) in [6, 6.07) is 17.9. The van der Waals surface area contributed by atoms with Crippen molar-refractivity contribution in [3.8, 4) is 0 Å². The first kappa shape index (κ1) is 13.8. The third-order valence-electron chi connectivity index (χ3n) is 3.28. The van der Waals surface area contributed by atoms with Crippen LogP contribution in [0.4, 0.5) is 11.6 Å². The van der Waals surface area contributed by atoms with Gasteiger partial charge in [0.1, 0.15) is 5.82 Å². The lowest BCUT2D eigenvalue weighted by Crippen LogP contribution is -1.91. The van der Waals surface area contributed by atoms with Gasteiger partial charge in [0.25, 0.3) is 0 Å². The number of nitrogens with one attached hydrogen (secondary N) is 3. The fourth-order valence-electron chi connectivity index (χ4n) is 2.23. The van der Waals surface area contributed by atoms with E-state index in [0.29, 0.717) is 16.9 Å². The molecule has 23 heavy (non-hydrogen) atoms. The quantitative estimate of drug-likeness (QED) is 0.488. The molecule has 0 aliphatic heterocycles. The molecule has 0 saturated carbocycles. The van der Waals surface area contributed by atoms with Crippen LogP contribution < -0.4 is 5.32 Å². The first-order valence-corrected chi connectivity index (χ1v) is 8.16. The highest BCUT2D eigenvalue weighted by molar-refractivity contribution is 7.98. The van der Waals surface area contributed by atoms with E-state index in [1.165, 1.54) is 11.8 Å². The fraction of sp³-hybridized carbons (Fsp3) is 0.0625. The number of thioether (sulfide) groups is 1. The topological polar surface area (TPSA) is 82.3 Å². The molecule has 0 fully saturated rings. The third kappa shape index (κ3) is 3.19. The molecule has 0 aliphatic carbocycles. The van der Waals surface area contributed by atoms with Crippen molar-refractivity contribution < 1.29 is 0 Å². The van der Waals surface area contributed by atoms with Gasteiger partial charge in [-0.15, -0.1) is 5.10 Å². The van der Waals surface area contributed by atoms with E-state index in [1.807, 2.05) is 54.6 Å². The molecule has 0 radical (unpaired) electrons. The van der Waals surface area contributed by atoms with Crippen LogP contribution in [0.25, 0.3) is 11.0 Å². The first-order valence-electron chi connectivity index (χ1n) is 7.18. The summed E-state index contributed by atoms with van der Waals surface area (Å²) < 4.78 is 0. The summed E-state index contributed by atoms with van der Waals surface area (Å²) in [5, 5.41) is 11.0. The Balaban J connectivity index is 1.41. The van der Waals surface area contributed by atoms with Crippen molar-refractivity contribution in [2.45, 2.75) is 10.9 Å². The lowest BCUT2D eigenvalue weighted by atomic mass is 10.3. The standard InChI is InChI=1S/C16H14N6S/c1-2-6-11(7-3-1)17-15-20-16(22-21-15)23-10-14-18-12-8-4-5-9-13(12)19-14/h1-9H,10H2,(H,18,19)(H2,17,20,21,22). The highest BCUT2D eigenvalue weighted by Crippen LogP contribution is 2.21. The Morgan fingerprint density at radius 1 is 0.957 bits per heavy atom. The lowest BCUT2D eigenvalue weighted by Gasteiger charge is -1.99. The molecule has 0 spiro atoms. The summed E-state index contributed by atoms with van der Waals surface area (Å²) in [5.74, 6) is 2.24. The summed E-state index contributed by atoms with van der Waals surface area (Å²) in [7, 11) is 0. The number of fused-ring (bicyclic) bond motifs is 1. The normalized spacial score (nSPS) is 11.0. The minimum Gasteiger partial charge on any atom is -0.341 e. The Labute approximate surface area is 136 Å². The Bertz CT molecular complexity index is 881. The molecule has 114 valence electrons. The number of imidazole rings is 1. The van der Waals surface area contributed by atoms with Crippen molar-refractivity contribution in [2.24, 2.45) is 0 Å². The van der Waals surface area contributed by atoms with E-state index in [4.69, 9.17) is 0 Å². The number of nitrogens with zero attached hydrogens (tertiary/aromatic N) is 3. The van der Waals surface area contributed by atoms with Crippen molar-refractivity contribution in [3.05, 3.63) is 60.4 Å². The molecule has 2 aromatic heterocycles. The van der Waals surface area contributed by atoms with Crippen LogP contribution in [0.2, 0.25) is 0 Å². The van der Waals surface area contributed by atoms with Crippen LogP contribution in [0.5, 0.6) is 0 Å². The molecule has 0 amide bonds. The van der Waals surface area contributed by atoms with Crippen molar-refractivity contribution in [3.63, 3.8) is 0 Å². The fourth-order valence-corrected chi connectivity index (χ4v) is 2.90. The maximum Gasteiger partial charge on any atom is 0.223 e. The third-order valence-corrected chi connectivity index (χ3v) is 4.14. The smallest absolute Gasteiger partial charge is 0.223 e. The van der Waals surface area contributed by atoms with Gasteiger partial charge >= 0.3 is 0 Å². The molecule has 0 atom stereocenters. The summed E-state index contributed by atoms with van der Waals surface area (Å²) in [6.45, 7) is 0. The van der Waals surface area contributed by atoms with Crippen LogP contribution in [0.3, 0.4) is 0 Å². The lowest BCUT2D eigenvalue weighted by molar-refractivity contribution is 0.970. The molecule has 0 aliphatic rings. The van der Waals surface area contributed by atoms with Gasteiger partial charge in [-0.2, -0.15) is 4.98 Å². The number of hydrogen-bond acceptors (Lipinski definition) is 5. The van der Waals surface area contributed by atoms with Gasteiger partial charge in [-0.1, -0.05) is 42.1 Å². The predicted octanol–water partition coefficient (Wildman–Crippen LogP) is 3.72. The monoisotopic (exact) mass is 322 g/mol. The molecule has 0 saturated heterocycles. The Morgan fingerprint density at radius 3 is 2.65 bits per heavy atom. The van der Waals surface area contributed by atoms with Gasteiger partial charge in [0, 0.05) is 5.69 Å². The van der Waals surface area contributed by atoms with Crippen molar-refractivity contribution in [1.29, 1.82) is 0 Å². The van der Waals surface area contributed by atoms with Crippen LogP contribution >= 0.6 is 11.8 Å². The van der Waals surface area contributed by atoms with Crippen LogP contribution in [-0.4, -0.2) is 25.1 Å². The SMILES string of the molecule is c1ccc(Nc2nc(SCc3nc4ccccc4[nH]3)n[nH]2)cc1. The molecular formula is C16H14N6S. The Morgan fingerprint density at radius 2 is 1.78 bits per heavy atom. The first-order chi connectivity index (χ1) is 11.4. The molecule has 0 bridgehead atoms. The number of aromatic amines is 2. The molecule has 4 aromatic rings. The molecule has 6 nitrogen and oxygen atoms in total. The molecule has 2 heterocycles. The minimum absolute atomic E-state index is 0.628. The number of aromatic nitrogens is 5. The predicted molar refractivity (Wildman–Crippen MR) is 91.8 cm³/mol. The molecule has 2 aromatic carbocycles.